The minimum Gasteiger partial charge on any atom is -0.192 e. The quantitative estimate of drug-likeness (QED) is 0.545. The van der Waals surface area contributed by atoms with E-state index >= 15 is 0 Å². The van der Waals surface area contributed by atoms with Crippen molar-refractivity contribution in [3.8, 4) is 6.07 Å². The topological polar surface area (TPSA) is 23.8 Å². The van der Waals surface area contributed by atoms with Gasteiger partial charge in [-0.25, -0.2) is 0 Å². The third-order valence-electron chi connectivity index (χ3n) is 2.66. The van der Waals surface area contributed by atoms with E-state index in [9.17, 15) is 0 Å². The Balaban J connectivity index is 3.12. The Kier molecular flexibility index (Phi) is 4.54. The number of rotatable bonds is 3. The van der Waals surface area contributed by atoms with E-state index in [2.05, 4.69) is 37.3 Å². The molecule has 0 aromatic heterocycles. The van der Waals surface area contributed by atoms with Gasteiger partial charge < -0.3 is 0 Å². The number of aryl methyl sites for hydroxylation is 1. The Labute approximate surface area is 97.7 Å². The summed E-state index contributed by atoms with van der Waals surface area (Å²) in [6.07, 6.45) is 4.88. The summed E-state index contributed by atoms with van der Waals surface area (Å²) in [6, 6.07) is 10.6. The van der Waals surface area contributed by atoms with E-state index in [0.29, 0.717) is 0 Å². The number of nitrogens with zero attached hydrogens (tertiary/aromatic N) is 1. The standard InChI is InChI=1S/C15H17N/c1-4-12-7-9-14(10-8-12)15(6-3)13(5-2)11-16/h5-10H,4H2,1-3H3/b13-5-,15-6+. The summed E-state index contributed by atoms with van der Waals surface area (Å²) in [6.45, 7) is 5.99. The van der Waals surface area contributed by atoms with Gasteiger partial charge in [0.2, 0.25) is 0 Å². The van der Waals surface area contributed by atoms with Crippen molar-refractivity contribution in [2.75, 3.05) is 0 Å². The van der Waals surface area contributed by atoms with Crippen LogP contribution in [-0.4, -0.2) is 0 Å². The fourth-order valence-electron chi connectivity index (χ4n) is 1.68. The Morgan fingerprint density at radius 2 is 1.81 bits per heavy atom. The van der Waals surface area contributed by atoms with Gasteiger partial charge in [0.25, 0.3) is 0 Å². The SMILES string of the molecule is C/C=C(\C(C#N)=C/C)c1ccc(CC)cc1. The average molecular weight is 211 g/mol. The summed E-state index contributed by atoms with van der Waals surface area (Å²) < 4.78 is 0. The highest BCUT2D eigenvalue weighted by atomic mass is 14.3. The molecule has 0 unspecified atom stereocenters. The average Bonchev–Trinajstić information content (AvgIpc) is 2.36. The minimum absolute atomic E-state index is 0.728. The van der Waals surface area contributed by atoms with E-state index < -0.39 is 0 Å². The van der Waals surface area contributed by atoms with Crippen LogP contribution in [-0.2, 0) is 6.42 Å². The van der Waals surface area contributed by atoms with Gasteiger partial charge in [0.05, 0.1) is 11.6 Å². The molecule has 0 amide bonds. The number of nitriles is 1. The molecule has 0 heterocycles. The maximum atomic E-state index is 9.03. The zero-order chi connectivity index (χ0) is 12.0. The lowest BCUT2D eigenvalue weighted by molar-refractivity contribution is 1.14. The van der Waals surface area contributed by atoms with Crippen LogP contribution in [0.25, 0.3) is 5.57 Å². The summed E-state index contributed by atoms with van der Waals surface area (Å²) in [7, 11) is 0. The molecule has 1 rings (SSSR count). The van der Waals surface area contributed by atoms with Crippen LogP contribution in [0.15, 0.2) is 42.0 Å². The van der Waals surface area contributed by atoms with Gasteiger partial charge in [0.1, 0.15) is 0 Å². The molecule has 0 aliphatic rings. The monoisotopic (exact) mass is 211 g/mol. The van der Waals surface area contributed by atoms with E-state index in [1.165, 1.54) is 5.56 Å². The Bertz CT molecular complexity index is 441. The number of hydrogen-bond donors (Lipinski definition) is 0. The summed E-state index contributed by atoms with van der Waals surface area (Å²) in [5, 5.41) is 9.03. The van der Waals surface area contributed by atoms with Gasteiger partial charge in [-0.15, -0.1) is 0 Å². The summed E-state index contributed by atoms with van der Waals surface area (Å²) in [5.74, 6) is 0. The lowest BCUT2D eigenvalue weighted by Crippen LogP contribution is -1.89. The van der Waals surface area contributed by atoms with Crippen molar-refractivity contribution in [3.05, 3.63) is 53.1 Å². The first-order valence-electron chi connectivity index (χ1n) is 5.59. The molecule has 0 aliphatic heterocycles. The Morgan fingerprint density at radius 1 is 1.19 bits per heavy atom. The Morgan fingerprint density at radius 3 is 2.19 bits per heavy atom. The maximum absolute atomic E-state index is 9.03. The molecule has 82 valence electrons. The van der Waals surface area contributed by atoms with Crippen LogP contribution in [0.3, 0.4) is 0 Å². The van der Waals surface area contributed by atoms with Crippen LogP contribution in [0, 0.1) is 11.3 Å². The van der Waals surface area contributed by atoms with Crippen molar-refractivity contribution >= 4 is 5.57 Å². The molecule has 0 spiro atoms. The van der Waals surface area contributed by atoms with Gasteiger partial charge in [0, 0.05) is 0 Å². The third-order valence-corrected chi connectivity index (χ3v) is 2.66. The van der Waals surface area contributed by atoms with Crippen molar-refractivity contribution in [2.45, 2.75) is 27.2 Å². The van der Waals surface area contributed by atoms with E-state index in [1.807, 2.05) is 26.0 Å². The fraction of sp³-hybridized carbons (Fsp3) is 0.267. The molecule has 0 atom stereocenters. The summed E-state index contributed by atoms with van der Waals surface area (Å²) in [5.41, 5.74) is 4.16. The summed E-state index contributed by atoms with van der Waals surface area (Å²) in [4.78, 5) is 0. The zero-order valence-electron chi connectivity index (χ0n) is 10.1. The second-order valence-electron chi connectivity index (χ2n) is 3.57. The lowest BCUT2D eigenvalue weighted by Gasteiger charge is -2.06. The molecule has 0 saturated carbocycles. The molecule has 1 heteroatoms. The molecule has 0 aliphatic carbocycles. The van der Waals surface area contributed by atoms with Crippen molar-refractivity contribution in [3.63, 3.8) is 0 Å². The zero-order valence-corrected chi connectivity index (χ0v) is 10.1. The molecular formula is C15H17N. The minimum atomic E-state index is 0.728. The van der Waals surface area contributed by atoms with Crippen LogP contribution >= 0.6 is 0 Å². The predicted octanol–water partition coefficient (Wildman–Crippen LogP) is 4.12. The molecule has 1 aromatic carbocycles. The van der Waals surface area contributed by atoms with Gasteiger partial charge >= 0.3 is 0 Å². The van der Waals surface area contributed by atoms with Crippen LogP contribution in [0.5, 0.6) is 0 Å². The molecule has 1 aromatic rings. The summed E-state index contributed by atoms with van der Waals surface area (Å²) >= 11 is 0. The molecule has 0 saturated heterocycles. The predicted molar refractivity (Wildman–Crippen MR) is 68.8 cm³/mol. The molecule has 0 fully saturated rings. The molecule has 1 nitrogen and oxygen atoms in total. The third kappa shape index (κ3) is 2.61. The molecule has 0 bridgehead atoms. The second-order valence-corrected chi connectivity index (χ2v) is 3.57. The van der Waals surface area contributed by atoms with Gasteiger partial charge in [-0.1, -0.05) is 43.3 Å². The highest BCUT2D eigenvalue weighted by Crippen LogP contribution is 2.22. The lowest BCUT2D eigenvalue weighted by atomic mass is 9.97. The van der Waals surface area contributed by atoms with Gasteiger partial charge in [0.15, 0.2) is 0 Å². The van der Waals surface area contributed by atoms with Crippen molar-refractivity contribution in [1.29, 1.82) is 5.26 Å². The molecule has 16 heavy (non-hydrogen) atoms. The first-order valence-corrected chi connectivity index (χ1v) is 5.59. The van der Waals surface area contributed by atoms with E-state index in [-0.39, 0.29) is 0 Å². The highest BCUT2D eigenvalue weighted by Gasteiger charge is 2.05. The second kappa shape index (κ2) is 5.92. The van der Waals surface area contributed by atoms with Gasteiger partial charge in [-0.05, 0) is 37.0 Å². The first-order chi connectivity index (χ1) is 7.76. The number of hydrogen-bond acceptors (Lipinski definition) is 1. The normalized spacial score (nSPS) is 12.4. The van der Waals surface area contributed by atoms with Crippen molar-refractivity contribution < 1.29 is 0 Å². The van der Waals surface area contributed by atoms with Gasteiger partial charge in [-0.2, -0.15) is 5.26 Å². The Hall–Kier alpha value is -1.81. The first kappa shape index (κ1) is 12.3. The van der Waals surface area contributed by atoms with E-state index in [4.69, 9.17) is 5.26 Å². The molecule has 0 N–H and O–H groups in total. The van der Waals surface area contributed by atoms with Crippen LogP contribution in [0.4, 0.5) is 0 Å². The molecular weight excluding hydrogens is 194 g/mol. The number of allylic oxidation sites excluding steroid dienone is 4. The van der Waals surface area contributed by atoms with Crippen LogP contribution in [0.2, 0.25) is 0 Å². The van der Waals surface area contributed by atoms with E-state index in [0.717, 1.165) is 23.1 Å². The highest BCUT2D eigenvalue weighted by molar-refractivity contribution is 5.82. The van der Waals surface area contributed by atoms with Gasteiger partial charge in [-0.3, -0.25) is 0 Å². The van der Waals surface area contributed by atoms with Crippen molar-refractivity contribution in [1.82, 2.24) is 0 Å². The van der Waals surface area contributed by atoms with Crippen LogP contribution in [0.1, 0.15) is 31.9 Å². The van der Waals surface area contributed by atoms with Crippen molar-refractivity contribution in [2.24, 2.45) is 0 Å². The maximum Gasteiger partial charge on any atom is 0.0994 e. The number of benzene rings is 1. The largest absolute Gasteiger partial charge is 0.192 e. The van der Waals surface area contributed by atoms with Crippen LogP contribution < -0.4 is 0 Å². The smallest absolute Gasteiger partial charge is 0.0994 e. The molecule has 0 radical (unpaired) electrons. The fourth-order valence-corrected chi connectivity index (χ4v) is 1.68. The van der Waals surface area contributed by atoms with E-state index in [1.54, 1.807) is 0 Å².